The highest BCUT2D eigenvalue weighted by atomic mass is 32.2. The number of amides is 1. The highest BCUT2D eigenvalue weighted by Crippen LogP contribution is 2.23. The van der Waals surface area contributed by atoms with Crippen molar-refractivity contribution < 1.29 is 13.2 Å². The third kappa shape index (κ3) is 5.69. The molecule has 1 amide bonds. The zero-order chi connectivity index (χ0) is 21.8. The molecule has 0 saturated carbocycles. The minimum atomic E-state index is -3.71. The molecule has 8 nitrogen and oxygen atoms in total. The summed E-state index contributed by atoms with van der Waals surface area (Å²) in [6.07, 6.45) is 3.04. The molecule has 0 bridgehead atoms. The average Bonchev–Trinajstić information content (AvgIpc) is 3.40. The summed E-state index contributed by atoms with van der Waals surface area (Å²) < 4.78 is 27.7. The zero-order valence-electron chi connectivity index (χ0n) is 17.5. The van der Waals surface area contributed by atoms with Crippen molar-refractivity contribution in [3.8, 4) is 0 Å². The number of nitrogens with one attached hydrogen (secondary N) is 2. The zero-order valence-corrected chi connectivity index (χ0v) is 19.1. The maximum absolute atomic E-state index is 12.8. The number of piperidine rings is 1. The van der Waals surface area contributed by atoms with Crippen molar-refractivity contribution >= 4 is 38.8 Å². The Bertz CT molecular complexity index is 1070. The van der Waals surface area contributed by atoms with Gasteiger partial charge in [0.2, 0.25) is 5.91 Å². The number of rotatable bonds is 6. The van der Waals surface area contributed by atoms with Crippen LogP contribution in [0.5, 0.6) is 0 Å². The summed E-state index contributed by atoms with van der Waals surface area (Å²) in [7, 11) is -3.71. The van der Waals surface area contributed by atoms with E-state index in [1.165, 1.54) is 12.1 Å². The van der Waals surface area contributed by atoms with Gasteiger partial charge in [0.1, 0.15) is 5.84 Å². The second-order valence-corrected chi connectivity index (χ2v) is 10.7. The van der Waals surface area contributed by atoms with Crippen LogP contribution in [0.4, 0.5) is 5.69 Å². The van der Waals surface area contributed by atoms with Gasteiger partial charge in [0, 0.05) is 36.5 Å². The fraction of sp³-hybridized carbons (Fsp3) is 0.476. The molecule has 1 aromatic carbocycles. The number of likely N-dealkylation sites (tertiary alicyclic amines) is 1. The van der Waals surface area contributed by atoms with Gasteiger partial charge < -0.3 is 5.32 Å². The van der Waals surface area contributed by atoms with Crippen molar-refractivity contribution in [3.63, 3.8) is 0 Å². The van der Waals surface area contributed by atoms with E-state index in [1.807, 2.05) is 6.92 Å². The molecule has 1 saturated heterocycles. The van der Waals surface area contributed by atoms with Crippen molar-refractivity contribution in [3.05, 3.63) is 40.3 Å². The molecule has 0 aliphatic carbocycles. The number of thiazole rings is 1. The van der Waals surface area contributed by atoms with Crippen molar-refractivity contribution in [1.29, 1.82) is 0 Å². The molecule has 0 radical (unpaired) electrons. The Labute approximate surface area is 186 Å². The molecule has 4 rings (SSSR count). The summed E-state index contributed by atoms with van der Waals surface area (Å²) in [6, 6.07) is 6.37. The molecule has 2 N–H and O–H groups in total. The van der Waals surface area contributed by atoms with Crippen LogP contribution < -0.4 is 10.0 Å². The van der Waals surface area contributed by atoms with Gasteiger partial charge in [-0.3, -0.25) is 19.4 Å². The molecule has 10 heteroatoms. The number of hydrogen-bond acceptors (Lipinski definition) is 7. The Morgan fingerprint density at radius 3 is 2.77 bits per heavy atom. The van der Waals surface area contributed by atoms with Crippen LogP contribution in [0.15, 0.2) is 39.5 Å². The Morgan fingerprint density at radius 2 is 2.10 bits per heavy atom. The summed E-state index contributed by atoms with van der Waals surface area (Å²) in [6.45, 7) is 5.15. The predicted octanol–water partition coefficient (Wildman–Crippen LogP) is 2.77. The van der Waals surface area contributed by atoms with Crippen LogP contribution in [0.2, 0.25) is 0 Å². The molecular weight excluding hydrogens is 434 g/mol. The first kappa shape index (κ1) is 21.9. The molecule has 0 spiro atoms. The van der Waals surface area contributed by atoms with E-state index >= 15 is 0 Å². The van der Waals surface area contributed by atoms with E-state index in [0.29, 0.717) is 24.5 Å². The Balaban J connectivity index is 1.32. The fourth-order valence-corrected chi connectivity index (χ4v) is 5.62. The lowest BCUT2D eigenvalue weighted by atomic mass is 9.95. The number of sulfonamides is 1. The van der Waals surface area contributed by atoms with Crippen molar-refractivity contribution in [2.45, 2.75) is 44.0 Å². The largest absolute Gasteiger partial charge is 0.326 e. The monoisotopic (exact) mass is 461 g/mol. The maximum atomic E-state index is 12.8. The first-order valence-corrected chi connectivity index (χ1v) is 12.9. The number of carbonyl (C=O) groups excluding carboxylic acids is 1. The van der Waals surface area contributed by atoms with E-state index < -0.39 is 10.0 Å². The first-order valence-electron chi connectivity index (χ1n) is 10.5. The Hall–Kier alpha value is -2.30. The molecule has 166 valence electrons. The molecule has 2 aliphatic rings. The Morgan fingerprint density at radius 1 is 1.29 bits per heavy atom. The summed E-state index contributed by atoms with van der Waals surface area (Å²) in [4.78, 5) is 23.9. The number of aliphatic imine (C=N–C) groups is 1. The first-order chi connectivity index (χ1) is 14.9. The van der Waals surface area contributed by atoms with E-state index in [0.717, 1.165) is 49.6 Å². The predicted molar refractivity (Wildman–Crippen MR) is 122 cm³/mol. The number of anilines is 1. The van der Waals surface area contributed by atoms with Gasteiger partial charge in [-0.25, -0.2) is 13.4 Å². The molecule has 2 aliphatic heterocycles. The summed E-state index contributed by atoms with van der Waals surface area (Å²) in [5.74, 6) is 0.348. The van der Waals surface area contributed by atoms with Gasteiger partial charge in [0.05, 0.1) is 15.6 Å². The number of nitrogens with zero attached hydrogens (tertiary/aromatic N) is 3. The number of carbonyl (C=O) groups is 1. The molecule has 3 heterocycles. The van der Waals surface area contributed by atoms with Crippen LogP contribution in [-0.4, -0.2) is 49.7 Å². The van der Waals surface area contributed by atoms with E-state index in [1.54, 1.807) is 23.5 Å². The van der Waals surface area contributed by atoms with Gasteiger partial charge in [-0.05, 0) is 57.5 Å². The van der Waals surface area contributed by atoms with Crippen LogP contribution in [0, 0.1) is 12.8 Å². The Kier molecular flexibility index (Phi) is 6.68. The number of benzene rings is 1. The number of aromatic nitrogens is 1. The minimum Gasteiger partial charge on any atom is -0.326 e. The second-order valence-electron chi connectivity index (χ2n) is 7.96. The van der Waals surface area contributed by atoms with Crippen LogP contribution in [0.1, 0.15) is 36.4 Å². The SMILES string of the molecule is Cc1nc(CN2CCC(C(=O)Nc3cccc(S(=O)(=O)NC4=NCCC4)c3)CC2)cs1. The van der Waals surface area contributed by atoms with Crippen LogP contribution in [0.3, 0.4) is 0 Å². The average molecular weight is 462 g/mol. The normalized spacial score (nSPS) is 18.0. The van der Waals surface area contributed by atoms with Gasteiger partial charge in [-0.1, -0.05) is 6.07 Å². The molecule has 2 aromatic rings. The number of hydrogen-bond donors (Lipinski definition) is 2. The fourth-order valence-electron chi connectivity index (χ4n) is 3.89. The van der Waals surface area contributed by atoms with E-state index in [2.05, 4.69) is 30.3 Å². The summed E-state index contributed by atoms with van der Waals surface area (Å²) in [5.41, 5.74) is 1.57. The summed E-state index contributed by atoms with van der Waals surface area (Å²) >= 11 is 1.66. The number of aryl methyl sites for hydroxylation is 1. The molecular formula is C21H27N5O3S2. The smallest absolute Gasteiger partial charge is 0.262 e. The van der Waals surface area contributed by atoms with Crippen LogP contribution >= 0.6 is 11.3 Å². The molecule has 31 heavy (non-hydrogen) atoms. The minimum absolute atomic E-state index is 0.0631. The lowest BCUT2D eigenvalue weighted by Gasteiger charge is -2.30. The third-order valence-corrected chi connectivity index (χ3v) is 7.75. The van der Waals surface area contributed by atoms with Crippen molar-refractivity contribution in [2.24, 2.45) is 10.9 Å². The second kappa shape index (κ2) is 9.46. The lowest BCUT2D eigenvalue weighted by Crippen LogP contribution is -2.37. The molecule has 1 fully saturated rings. The van der Waals surface area contributed by atoms with Crippen molar-refractivity contribution in [1.82, 2.24) is 14.6 Å². The topological polar surface area (TPSA) is 104 Å². The maximum Gasteiger partial charge on any atom is 0.262 e. The quantitative estimate of drug-likeness (QED) is 0.688. The number of amidine groups is 1. The van der Waals surface area contributed by atoms with Gasteiger partial charge in [0.15, 0.2) is 0 Å². The van der Waals surface area contributed by atoms with Crippen molar-refractivity contribution in [2.75, 3.05) is 25.0 Å². The lowest BCUT2D eigenvalue weighted by molar-refractivity contribution is -0.121. The van der Waals surface area contributed by atoms with E-state index in [4.69, 9.17) is 0 Å². The standard InChI is InChI=1S/C21H27N5O3S2/c1-15-23-18(14-30-15)13-26-10-7-16(8-11-26)21(27)24-17-4-2-5-19(12-17)31(28,29)25-20-6-3-9-22-20/h2,4-5,12,14,16H,3,6-11,13H2,1H3,(H,22,25)(H,24,27). The molecule has 0 unspecified atom stereocenters. The van der Waals surface area contributed by atoms with Gasteiger partial charge in [-0.15, -0.1) is 11.3 Å². The highest BCUT2D eigenvalue weighted by Gasteiger charge is 2.26. The highest BCUT2D eigenvalue weighted by molar-refractivity contribution is 7.90. The van der Waals surface area contributed by atoms with E-state index in [9.17, 15) is 13.2 Å². The summed E-state index contributed by atoms with van der Waals surface area (Å²) in [5, 5.41) is 6.05. The third-order valence-electron chi connectivity index (χ3n) is 5.55. The van der Waals surface area contributed by atoms with Gasteiger partial charge in [0.25, 0.3) is 10.0 Å². The van der Waals surface area contributed by atoms with Gasteiger partial charge in [-0.2, -0.15) is 0 Å². The molecule has 0 atom stereocenters. The van der Waals surface area contributed by atoms with Crippen LogP contribution in [-0.2, 0) is 21.4 Å². The van der Waals surface area contributed by atoms with Gasteiger partial charge >= 0.3 is 0 Å². The van der Waals surface area contributed by atoms with E-state index in [-0.39, 0.29) is 16.7 Å². The van der Waals surface area contributed by atoms with Crippen LogP contribution in [0.25, 0.3) is 0 Å². The molecule has 1 aromatic heterocycles.